The lowest BCUT2D eigenvalue weighted by Crippen LogP contribution is -2.26. The van der Waals surface area contributed by atoms with Crippen LogP contribution in [0.2, 0.25) is 0 Å². The van der Waals surface area contributed by atoms with Gasteiger partial charge in [0.15, 0.2) is 17.3 Å². The summed E-state index contributed by atoms with van der Waals surface area (Å²) in [5.41, 5.74) is 1.30. The van der Waals surface area contributed by atoms with Crippen LogP contribution in [0.3, 0.4) is 0 Å². The number of rotatable bonds is 9. The van der Waals surface area contributed by atoms with Gasteiger partial charge in [-0.25, -0.2) is 8.78 Å². The van der Waals surface area contributed by atoms with Gasteiger partial charge in [0, 0.05) is 41.4 Å². The SMILES string of the molecule is Cc1cc(F)cc(C)c1C(=O)c1sc2cc(O)c(F)cc2c1Oc1ccc(O[C@H]2CCN(CCCF)C2)cc1. The summed E-state index contributed by atoms with van der Waals surface area (Å²) in [7, 11) is 0. The molecule has 1 atom stereocenters. The summed E-state index contributed by atoms with van der Waals surface area (Å²) in [6, 6.07) is 11.9. The number of ketones is 1. The lowest BCUT2D eigenvalue weighted by Gasteiger charge is -2.16. The van der Waals surface area contributed by atoms with Gasteiger partial charge in [0.2, 0.25) is 5.78 Å². The molecule has 0 amide bonds. The Labute approximate surface area is 228 Å². The van der Waals surface area contributed by atoms with Gasteiger partial charge in [-0.1, -0.05) is 0 Å². The molecule has 204 valence electrons. The summed E-state index contributed by atoms with van der Waals surface area (Å²) >= 11 is 1.07. The summed E-state index contributed by atoms with van der Waals surface area (Å²) in [5, 5.41) is 10.3. The van der Waals surface area contributed by atoms with E-state index in [1.807, 2.05) is 0 Å². The highest BCUT2D eigenvalue weighted by Gasteiger charge is 2.26. The van der Waals surface area contributed by atoms with E-state index in [2.05, 4.69) is 4.90 Å². The van der Waals surface area contributed by atoms with E-state index in [0.717, 1.165) is 36.9 Å². The molecule has 3 aromatic carbocycles. The van der Waals surface area contributed by atoms with E-state index in [4.69, 9.17) is 9.47 Å². The monoisotopic (exact) mass is 555 g/mol. The largest absolute Gasteiger partial charge is 0.505 e. The number of likely N-dealkylation sites (tertiary alicyclic amines) is 1. The molecule has 0 spiro atoms. The molecule has 0 bridgehead atoms. The number of phenolic OH excluding ortho intramolecular Hbond substituents is 1. The van der Waals surface area contributed by atoms with Crippen molar-refractivity contribution < 1.29 is 32.5 Å². The number of hydrogen-bond acceptors (Lipinski definition) is 6. The zero-order valence-corrected chi connectivity index (χ0v) is 22.4. The molecule has 0 saturated carbocycles. The number of alkyl halides is 1. The highest BCUT2D eigenvalue weighted by atomic mass is 32.1. The average Bonchev–Trinajstić information content (AvgIpc) is 3.48. The number of ether oxygens (including phenoxy) is 2. The summed E-state index contributed by atoms with van der Waals surface area (Å²) in [5.74, 6) is -0.949. The highest BCUT2D eigenvalue weighted by molar-refractivity contribution is 7.21. The van der Waals surface area contributed by atoms with Crippen molar-refractivity contribution in [2.24, 2.45) is 0 Å². The molecule has 0 radical (unpaired) electrons. The van der Waals surface area contributed by atoms with E-state index in [0.29, 0.717) is 51.2 Å². The molecule has 9 heteroatoms. The van der Waals surface area contributed by atoms with Gasteiger partial charge in [0.1, 0.15) is 28.3 Å². The van der Waals surface area contributed by atoms with E-state index in [1.54, 1.807) is 38.1 Å². The number of carbonyl (C=O) groups excluding carboxylic acids is 1. The molecule has 1 aromatic heterocycles. The molecule has 4 aromatic rings. The van der Waals surface area contributed by atoms with Crippen molar-refractivity contribution in [1.29, 1.82) is 0 Å². The third-order valence-corrected chi connectivity index (χ3v) is 7.96. The van der Waals surface area contributed by atoms with Crippen LogP contribution in [0.4, 0.5) is 13.2 Å². The van der Waals surface area contributed by atoms with Crippen LogP contribution < -0.4 is 9.47 Å². The fourth-order valence-electron chi connectivity index (χ4n) is 4.99. The number of fused-ring (bicyclic) bond motifs is 1. The summed E-state index contributed by atoms with van der Waals surface area (Å²) in [6.45, 7) is 5.32. The maximum Gasteiger partial charge on any atom is 0.207 e. The van der Waals surface area contributed by atoms with Gasteiger partial charge >= 0.3 is 0 Å². The van der Waals surface area contributed by atoms with Gasteiger partial charge in [-0.2, -0.15) is 0 Å². The van der Waals surface area contributed by atoms with Crippen LogP contribution in [0, 0.1) is 25.5 Å². The van der Waals surface area contributed by atoms with Crippen LogP contribution in [0.5, 0.6) is 23.0 Å². The molecular formula is C30H28F3NO4S. The van der Waals surface area contributed by atoms with Crippen molar-refractivity contribution >= 4 is 27.2 Å². The Morgan fingerprint density at radius 2 is 1.77 bits per heavy atom. The normalized spacial score (nSPS) is 15.7. The number of phenols is 1. The van der Waals surface area contributed by atoms with Gasteiger partial charge in [0.05, 0.1) is 6.67 Å². The Kier molecular flexibility index (Phi) is 7.81. The van der Waals surface area contributed by atoms with Crippen molar-refractivity contribution in [3.8, 4) is 23.0 Å². The van der Waals surface area contributed by atoms with Crippen molar-refractivity contribution in [1.82, 2.24) is 4.90 Å². The highest BCUT2D eigenvalue weighted by Crippen LogP contribution is 2.44. The van der Waals surface area contributed by atoms with E-state index in [1.165, 1.54) is 18.2 Å². The van der Waals surface area contributed by atoms with Crippen LogP contribution in [-0.2, 0) is 0 Å². The van der Waals surface area contributed by atoms with Gasteiger partial charge in [0.25, 0.3) is 0 Å². The van der Waals surface area contributed by atoms with Crippen LogP contribution in [0.1, 0.15) is 39.2 Å². The van der Waals surface area contributed by atoms with Crippen molar-refractivity contribution in [2.75, 3.05) is 26.3 Å². The molecule has 5 rings (SSSR count). The van der Waals surface area contributed by atoms with Crippen molar-refractivity contribution in [2.45, 2.75) is 32.8 Å². The van der Waals surface area contributed by atoms with Crippen LogP contribution >= 0.6 is 11.3 Å². The fourth-order valence-corrected chi connectivity index (χ4v) is 6.08. The third-order valence-electron chi connectivity index (χ3n) is 6.83. The Hall–Kier alpha value is -3.56. The van der Waals surface area contributed by atoms with Crippen molar-refractivity contribution in [3.63, 3.8) is 0 Å². The fraction of sp³-hybridized carbons (Fsp3) is 0.300. The Morgan fingerprint density at radius 1 is 1.08 bits per heavy atom. The maximum atomic E-state index is 14.4. The first-order valence-electron chi connectivity index (χ1n) is 12.7. The molecule has 0 aliphatic carbocycles. The topological polar surface area (TPSA) is 59.0 Å². The number of thiophene rings is 1. The zero-order valence-electron chi connectivity index (χ0n) is 21.6. The van der Waals surface area contributed by atoms with E-state index in [-0.39, 0.29) is 29.2 Å². The number of carbonyl (C=O) groups is 1. The predicted molar refractivity (Wildman–Crippen MR) is 145 cm³/mol. The van der Waals surface area contributed by atoms with E-state index >= 15 is 0 Å². The number of halogens is 3. The molecular weight excluding hydrogens is 527 g/mol. The molecule has 1 saturated heterocycles. The zero-order chi connectivity index (χ0) is 27.7. The number of aryl methyl sites for hydroxylation is 2. The minimum atomic E-state index is -0.834. The molecule has 1 fully saturated rings. The molecule has 1 aliphatic rings. The Morgan fingerprint density at radius 3 is 2.46 bits per heavy atom. The second-order valence-electron chi connectivity index (χ2n) is 9.75. The molecule has 0 unspecified atom stereocenters. The lowest BCUT2D eigenvalue weighted by molar-refractivity contribution is 0.103. The molecule has 5 nitrogen and oxygen atoms in total. The van der Waals surface area contributed by atoms with Gasteiger partial charge in [-0.05, 0) is 80.3 Å². The number of benzene rings is 3. The summed E-state index contributed by atoms with van der Waals surface area (Å²) in [4.78, 5) is 16.1. The van der Waals surface area contributed by atoms with Crippen LogP contribution in [0.25, 0.3) is 10.1 Å². The first-order chi connectivity index (χ1) is 18.7. The van der Waals surface area contributed by atoms with Gasteiger partial charge < -0.3 is 14.6 Å². The number of aromatic hydroxyl groups is 1. The second kappa shape index (κ2) is 11.3. The quantitative estimate of drug-likeness (QED) is 0.219. The summed E-state index contributed by atoms with van der Waals surface area (Å²) < 4.78 is 53.4. The predicted octanol–water partition coefficient (Wildman–Crippen LogP) is 7.34. The molecule has 2 heterocycles. The van der Waals surface area contributed by atoms with Gasteiger partial charge in [-0.3, -0.25) is 14.1 Å². The molecule has 39 heavy (non-hydrogen) atoms. The van der Waals surface area contributed by atoms with Gasteiger partial charge in [-0.15, -0.1) is 11.3 Å². The van der Waals surface area contributed by atoms with E-state index in [9.17, 15) is 23.1 Å². The number of nitrogens with zero attached hydrogens (tertiary/aromatic N) is 1. The maximum absolute atomic E-state index is 14.4. The van der Waals surface area contributed by atoms with Crippen LogP contribution in [0.15, 0.2) is 48.5 Å². The lowest BCUT2D eigenvalue weighted by atomic mass is 9.97. The average molecular weight is 556 g/mol. The Bertz CT molecular complexity index is 1500. The standard InChI is InChI=1S/C30H28F3NO4S/c1-17-12-19(32)13-18(2)27(17)28(36)30-29(23-14-24(33)25(35)15-26(23)39-30)38-21-6-4-20(5-7-21)37-22-8-11-34(16-22)10-3-9-31/h4-7,12-15,22,35H,3,8-11,16H2,1-2H3/t22-/m0/s1. The van der Waals surface area contributed by atoms with Crippen LogP contribution in [-0.4, -0.2) is 48.2 Å². The number of hydrogen-bond donors (Lipinski definition) is 1. The second-order valence-corrected chi connectivity index (χ2v) is 10.8. The first-order valence-corrected chi connectivity index (χ1v) is 13.5. The molecule has 1 aliphatic heterocycles. The molecule has 1 N–H and O–H groups in total. The van der Waals surface area contributed by atoms with Crippen molar-refractivity contribution in [3.05, 3.63) is 81.7 Å². The third kappa shape index (κ3) is 5.74. The minimum Gasteiger partial charge on any atom is -0.505 e. The van der Waals surface area contributed by atoms with E-state index < -0.39 is 17.4 Å². The minimum absolute atomic E-state index is 0.0132. The first kappa shape index (κ1) is 27.0. The smallest absolute Gasteiger partial charge is 0.207 e. The summed E-state index contributed by atoms with van der Waals surface area (Å²) in [6.07, 6.45) is 1.39. The Balaban J connectivity index is 1.42.